The first-order valence-corrected chi connectivity index (χ1v) is 4.49. The van der Waals surface area contributed by atoms with Crippen molar-refractivity contribution in [2.75, 3.05) is 12.9 Å². The van der Waals surface area contributed by atoms with Crippen molar-refractivity contribution in [2.45, 2.75) is 11.9 Å². The largest absolute Gasteiger partial charge is 0.494 e. The molecule has 0 radical (unpaired) electrons. The molecule has 1 aromatic heterocycles. The molecule has 0 spiro atoms. The van der Waals surface area contributed by atoms with E-state index in [9.17, 15) is 0 Å². The van der Waals surface area contributed by atoms with Crippen LogP contribution in [0.4, 0.5) is 0 Å². The lowest BCUT2D eigenvalue weighted by molar-refractivity contribution is 0.401. The predicted molar refractivity (Wildman–Crippen MR) is 47.2 cm³/mol. The molecule has 1 rings (SSSR count). The average Bonchev–Trinajstić information content (AvgIpc) is 2.06. The zero-order chi connectivity index (χ0) is 8.10. The Kier molecular flexibility index (Phi) is 3.23. The molecule has 0 unspecified atom stereocenters. The van der Waals surface area contributed by atoms with Gasteiger partial charge in [0.1, 0.15) is 5.03 Å². The monoisotopic (exact) mass is 169 g/mol. The second-order valence-electron chi connectivity index (χ2n) is 1.94. The fourth-order valence-electron chi connectivity index (χ4n) is 0.777. The lowest BCUT2D eigenvalue weighted by atomic mass is 10.5. The molecule has 1 heterocycles. The Labute approximate surface area is 71.0 Å². The number of hydrogen-bond acceptors (Lipinski definition) is 3. The van der Waals surface area contributed by atoms with Crippen LogP contribution in [-0.4, -0.2) is 17.8 Å². The lowest BCUT2D eigenvalue weighted by Crippen LogP contribution is -1.88. The molecule has 0 bridgehead atoms. The smallest absolute Gasteiger partial charge is 0.151 e. The molecule has 0 aliphatic rings. The molecule has 0 saturated carbocycles. The Morgan fingerprint density at radius 3 is 3.09 bits per heavy atom. The summed E-state index contributed by atoms with van der Waals surface area (Å²) in [5, 5.41) is 0.970. The quantitative estimate of drug-likeness (QED) is 0.648. The maximum Gasteiger partial charge on any atom is 0.151 e. The Balaban J connectivity index is 2.83. The van der Waals surface area contributed by atoms with Crippen LogP contribution in [-0.2, 0) is 0 Å². The van der Waals surface area contributed by atoms with E-state index in [1.807, 2.05) is 12.1 Å². The molecule has 0 N–H and O–H groups in total. The van der Waals surface area contributed by atoms with Gasteiger partial charge in [-0.3, -0.25) is 0 Å². The van der Waals surface area contributed by atoms with E-state index in [0.717, 1.165) is 16.5 Å². The van der Waals surface area contributed by atoms with Crippen LogP contribution in [0.3, 0.4) is 0 Å². The molecule has 0 aromatic carbocycles. The van der Waals surface area contributed by atoms with Crippen molar-refractivity contribution in [3.8, 4) is 5.75 Å². The minimum Gasteiger partial charge on any atom is -0.494 e. The Morgan fingerprint density at radius 2 is 2.45 bits per heavy atom. The second-order valence-corrected chi connectivity index (χ2v) is 3.20. The summed E-state index contributed by atoms with van der Waals surface area (Å²) in [6.45, 7) is 2.10. The van der Waals surface area contributed by atoms with Gasteiger partial charge in [-0.05, 0) is 17.9 Å². The van der Waals surface area contributed by atoms with Gasteiger partial charge in [-0.2, -0.15) is 0 Å². The van der Waals surface area contributed by atoms with Crippen molar-refractivity contribution in [3.63, 3.8) is 0 Å². The van der Waals surface area contributed by atoms with Crippen molar-refractivity contribution in [1.82, 2.24) is 4.98 Å². The number of rotatable bonds is 3. The molecular weight excluding hydrogens is 158 g/mol. The first-order valence-electron chi connectivity index (χ1n) is 3.50. The van der Waals surface area contributed by atoms with Gasteiger partial charge in [-0.15, -0.1) is 11.8 Å². The van der Waals surface area contributed by atoms with Crippen molar-refractivity contribution >= 4 is 11.8 Å². The molecule has 0 saturated heterocycles. The molecule has 0 aliphatic carbocycles. The van der Waals surface area contributed by atoms with Crippen molar-refractivity contribution in [2.24, 2.45) is 0 Å². The number of nitrogens with zero attached hydrogens (tertiary/aromatic N) is 1. The van der Waals surface area contributed by atoms with Crippen LogP contribution >= 0.6 is 11.8 Å². The maximum absolute atomic E-state index is 5.11. The van der Waals surface area contributed by atoms with E-state index in [1.54, 1.807) is 25.1 Å². The van der Waals surface area contributed by atoms with Gasteiger partial charge in [0, 0.05) is 6.20 Å². The number of pyridine rings is 1. The summed E-state index contributed by atoms with van der Waals surface area (Å²) in [6.07, 6.45) is 1.78. The topological polar surface area (TPSA) is 22.1 Å². The number of aromatic nitrogens is 1. The molecule has 2 nitrogen and oxygen atoms in total. The van der Waals surface area contributed by atoms with Gasteiger partial charge in [0.15, 0.2) is 5.75 Å². The van der Waals surface area contributed by atoms with Crippen LogP contribution in [0.15, 0.2) is 23.4 Å². The van der Waals surface area contributed by atoms with E-state index in [1.165, 1.54) is 0 Å². The number of ether oxygens (including phenoxy) is 1. The fraction of sp³-hybridized carbons (Fsp3) is 0.375. The highest BCUT2D eigenvalue weighted by Crippen LogP contribution is 2.25. The molecule has 0 fully saturated rings. The maximum atomic E-state index is 5.11. The normalized spacial score (nSPS) is 9.64. The van der Waals surface area contributed by atoms with Crippen molar-refractivity contribution in [3.05, 3.63) is 18.3 Å². The summed E-state index contributed by atoms with van der Waals surface area (Å²) < 4.78 is 5.11. The molecule has 1 aromatic rings. The highest BCUT2D eigenvalue weighted by molar-refractivity contribution is 7.99. The van der Waals surface area contributed by atoms with Gasteiger partial charge in [-0.25, -0.2) is 4.98 Å². The summed E-state index contributed by atoms with van der Waals surface area (Å²) in [5.41, 5.74) is 0. The molecule has 3 heteroatoms. The van der Waals surface area contributed by atoms with Crippen molar-refractivity contribution < 1.29 is 4.74 Å². The van der Waals surface area contributed by atoms with E-state index in [-0.39, 0.29) is 0 Å². The van der Waals surface area contributed by atoms with Gasteiger partial charge < -0.3 is 4.74 Å². The van der Waals surface area contributed by atoms with Gasteiger partial charge in [0.05, 0.1) is 7.11 Å². The number of thioether (sulfide) groups is 1. The number of methoxy groups -OCH3 is 1. The zero-order valence-corrected chi connectivity index (χ0v) is 7.52. The third kappa shape index (κ3) is 2.12. The Bertz CT molecular complexity index is 227. The minimum absolute atomic E-state index is 0.861. The highest BCUT2D eigenvalue weighted by Gasteiger charge is 2.00. The Morgan fingerprint density at radius 1 is 1.64 bits per heavy atom. The minimum atomic E-state index is 0.861. The first kappa shape index (κ1) is 8.40. The van der Waals surface area contributed by atoms with Crippen LogP contribution in [0.5, 0.6) is 5.75 Å². The lowest BCUT2D eigenvalue weighted by Gasteiger charge is -2.03. The van der Waals surface area contributed by atoms with Crippen LogP contribution in [0, 0.1) is 0 Å². The fourth-order valence-corrected chi connectivity index (χ4v) is 1.48. The first-order chi connectivity index (χ1) is 5.38. The standard InChI is InChI=1S/C8H11NOS/c1-3-11-8-7(10-2)5-4-6-9-8/h4-6H,3H2,1-2H3. The van der Waals surface area contributed by atoms with Crippen LogP contribution in [0.1, 0.15) is 6.92 Å². The zero-order valence-electron chi connectivity index (χ0n) is 6.70. The Hall–Kier alpha value is -0.700. The summed E-state index contributed by atoms with van der Waals surface area (Å²) in [6, 6.07) is 3.80. The predicted octanol–water partition coefficient (Wildman–Crippen LogP) is 2.20. The molecular formula is C8H11NOS. The summed E-state index contributed by atoms with van der Waals surface area (Å²) in [4.78, 5) is 4.18. The molecule has 0 aliphatic heterocycles. The van der Waals surface area contributed by atoms with Crippen LogP contribution < -0.4 is 4.74 Å². The summed E-state index contributed by atoms with van der Waals surface area (Å²) in [7, 11) is 1.66. The van der Waals surface area contributed by atoms with Gasteiger partial charge >= 0.3 is 0 Å². The van der Waals surface area contributed by atoms with E-state index >= 15 is 0 Å². The van der Waals surface area contributed by atoms with E-state index in [4.69, 9.17) is 4.74 Å². The van der Waals surface area contributed by atoms with Crippen LogP contribution in [0.2, 0.25) is 0 Å². The van der Waals surface area contributed by atoms with Crippen molar-refractivity contribution in [1.29, 1.82) is 0 Å². The molecule has 11 heavy (non-hydrogen) atoms. The number of hydrogen-bond donors (Lipinski definition) is 0. The third-order valence-corrected chi connectivity index (χ3v) is 2.11. The van der Waals surface area contributed by atoms with Gasteiger partial charge in [-0.1, -0.05) is 6.92 Å². The van der Waals surface area contributed by atoms with E-state index < -0.39 is 0 Å². The third-order valence-electron chi connectivity index (χ3n) is 1.24. The van der Waals surface area contributed by atoms with E-state index in [2.05, 4.69) is 11.9 Å². The van der Waals surface area contributed by atoms with Gasteiger partial charge in [0.2, 0.25) is 0 Å². The summed E-state index contributed by atoms with van der Waals surface area (Å²) >= 11 is 1.69. The summed E-state index contributed by atoms with van der Waals surface area (Å²) in [5.74, 6) is 1.88. The second kappa shape index (κ2) is 4.23. The average molecular weight is 169 g/mol. The highest BCUT2D eigenvalue weighted by atomic mass is 32.2. The molecule has 60 valence electrons. The van der Waals surface area contributed by atoms with Gasteiger partial charge in [0.25, 0.3) is 0 Å². The molecule has 0 atom stereocenters. The van der Waals surface area contributed by atoms with E-state index in [0.29, 0.717) is 0 Å². The SMILES string of the molecule is CCSc1ncccc1OC. The van der Waals surface area contributed by atoms with Crippen LogP contribution in [0.25, 0.3) is 0 Å². The molecule has 0 amide bonds.